The average molecular weight is 336 g/mol. The first-order valence-corrected chi connectivity index (χ1v) is 8.30. The lowest BCUT2D eigenvalue weighted by molar-refractivity contribution is -0.165. The number of halogens is 3. The number of hydrogen-bond acceptors (Lipinski definition) is 2. The Morgan fingerprint density at radius 3 is 2.22 bits per heavy atom. The molecule has 0 atom stereocenters. The fourth-order valence-electron chi connectivity index (χ4n) is 2.80. The Hall–Kier alpha value is -1.27. The maximum atomic E-state index is 12.7. The van der Waals surface area contributed by atoms with Gasteiger partial charge in [-0.1, -0.05) is 27.2 Å². The molecular formula is C16H27F3N2O2. The topological polar surface area (TPSA) is 40.6 Å². The van der Waals surface area contributed by atoms with Gasteiger partial charge in [0.25, 0.3) is 0 Å². The number of unbranched alkanes of at least 4 members (excludes halogenated alkanes) is 1. The van der Waals surface area contributed by atoms with E-state index >= 15 is 0 Å². The molecule has 0 aromatic carbocycles. The van der Waals surface area contributed by atoms with Crippen molar-refractivity contribution in [3.8, 4) is 0 Å². The molecular weight excluding hydrogens is 309 g/mol. The predicted octanol–water partition coefficient (Wildman–Crippen LogP) is 3.07. The van der Waals surface area contributed by atoms with Crippen LogP contribution in [0.4, 0.5) is 13.2 Å². The van der Waals surface area contributed by atoms with Gasteiger partial charge in [-0.05, 0) is 19.3 Å². The van der Waals surface area contributed by atoms with Crippen LogP contribution in [0.15, 0.2) is 0 Å². The summed E-state index contributed by atoms with van der Waals surface area (Å²) in [6.45, 7) is 5.36. The lowest BCUT2D eigenvalue weighted by Gasteiger charge is -2.35. The Morgan fingerprint density at radius 2 is 1.78 bits per heavy atom. The van der Waals surface area contributed by atoms with E-state index in [1.54, 1.807) is 4.90 Å². The zero-order valence-corrected chi connectivity index (χ0v) is 14.2. The molecule has 7 heteroatoms. The highest BCUT2D eigenvalue weighted by molar-refractivity contribution is 5.81. The number of carbonyl (C=O) groups excluding carboxylic acids is 2. The monoisotopic (exact) mass is 336 g/mol. The number of amides is 2. The van der Waals surface area contributed by atoms with Crippen LogP contribution in [0.2, 0.25) is 0 Å². The molecule has 134 valence electrons. The van der Waals surface area contributed by atoms with Crippen LogP contribution in [0, 0.1) is 11.8 Å². The second-order valence-electron chi connectivity index (χ2n) is 6.48. The van der Waals surface area contributed by atoms with E-state index < -0.39 is 24.5 Å². The number of alkyl halides is 3. The van der Waals surface area contributed by atoms with Crippen LogP contribution in [-0.2, 0) is 9.59 Å². The first kappa shape index (κ1) is 19.8. The van der Waals surface area contributed by atoms with Crippen molar-refractivity contribution in [3.05, 3.63) is 0 Å². The molecule has 0 unspecified atom stereocenters. The van der Waals surface area contributed by atoms with Gasteiger partial charge in [-0.2, -0.15) is 13.2 Å². The number of piperidine rings is 1. The Labute approximate surface area is 136 Å². The SMILES string of the molecule is CCCCN(CC(F)(F)F)C(=O)C1CCN(C(=O)C(C)C)CC1. The summed E-state index contributed by atoms with van der Waals surface area (Å²) < 4.78 is 38.0. The van der Waals surface area contributed by atoms with Crippen molar-refractivity contribution < 1.29 is 22.8 Å². The molecule has 1 saturated heterocycles. The van der Waals surface area contributed by atoms with Crippen molar-refractivity contribution in [3.63, 3.8) is 0 Å². The van der Waals surface area contributed by atoms with Gasteiger partial charge in [-0.3, -0.25) is 9.59 Å². The summed E-state index contributed by atoms with van der Waals surface area (Å²) in [4.78, 5) is 27.0. The Morgan fingerprint density at radius 1 is 1.22 bits per heavy atom. The van der Waals surface area contributed by atoms with Gasteiger partial charge in [0.2, 0.25) is 11.8 Å². The van der Waals surface area contributed by atoms with Crippen molar-refractivity contribution >= 4 is 11.8 Å². The maximum absolute atomic E-state index is 12.7. The maximum Gasteiger partial charge on any atom is 0.406 e. The van der Waals surface area contributed by atoms with Gasteiger partial charge >= 0.3 is 6.18 Å². The van der Waals surface area contributed by atoms with Crippen LogP contribution >= 0.6 is 0 Å². The third-order valence-electron chi connectivity index (χ3n) is 4.11. The lowest BCUT2D eigenvalue weighted by Crippen LogP contribution is -2.47. The lowest BCUT2D eigenvalue weighted by atomic mass is 9.94. The quantitative estimate of drug-likeness (QED) is 0.748. The molecule has 0 bridgehead atoms. The van der Waals surface area contributed by atoms with E-state index in [4.69, 9.17) is 0 Å². The molecule has 23 heavy (non-hydrogen) atoms. The van der Waals surface area contributed by atoms with Crippen LogP contribution in [0.25, 0.3) is 0 Å². The minimum absolute atomic E-state index is 0.0361. The minimum atomic E-state index is -4.38. The van der Waals surface area contributed by atoms with Gasteiger partial charge < -0.3 is 9.80 Å². The molecule has 4 nitrogen and oxygen atoms in total. The fourth-order valence-corrected chi connectivity index (χ4v) is 2.80. The smallest absolute Gasteiger partial charge is 0.342 e. The van der Waals surface area contributed by atoms with E-state index in [0.29, 0.717) is 32.4 Å². The normalized spacial score (nSPS) is 16.7. The summed E-state index contributed by atoms with van der Waals surface area (Å²) in [6.07, 6.45) is -2.19. The zero-order valence-electron chi connectivity index (χ0n) is 14.2. The second kappa shape index (κ2) is 8.55. The molecule has 0 aromatic rings. The number of likely N-dealkylation sites (tertiary alicyclic amines) is 1. The van der Waals surface area contributed by atoms with Crippen molar-refractivity contribution in [1.82, 2.24) is 9.80 Å². The van der Waals surface area contributed by atoms with E-state index in [9.17, 15) is 22.8 Å². The summed E-state index contributed by atoms with van der Waals surface area (Å²) in [5, 5.41) is 0. The van der Waals surface area contributed by atoms with Gasteiger partial charge in [0.05, 0.1) is 0 Å². The van der Waals surface area contributed by atoms with Crippen molar-refractivity contribution in [2.24, 2.45) is 11.8 Å². The van der Waals surface area contributed by atoms with Gasteiger partial charge in [-0.15, -0.1) is 0 Å². The standard InChI is InChI=1S/C16H27F3N2O2/c1-4-5-8-21(11-16(17,18)19)15(23)13-6-9-20(10-7-13)14(22)12(2)3/h12-13H,4-11H2,1-3H3. The summed E-state index contributed by atoms with van der Waals surface area (Å²) >= 11 is 0. The molecule has 1 aliphatic rings. The van der Waals surface area contributed by atoms with Crippen LogP contribution < -0.4 is 0 Å². The molecule has 0 aromatic heterocycles. The highest BCUT2D eigenvalue weighted by atomic mass is 19.4. The number of carbonyl (C=O) groups is 2. The van der Waals surface area contributed by atoms with E-state index in [-0.39, 0.29) is 18.4 Å². The Balaban J connectivity index is 2.62. The summed E-state index contributed by atoms with van der Waals surface area (Å²) in [6, 6.07) is 0. The molecule has 1 aliphatic heterocycles. The molecule has 0 radical (unpaired) electrons. The molecule has 1 fully saturated rings. The van der Waals surface area contributed by atoms with Crippen molar-refractivity contribution in [1.29, 1.82) is 0 Å². The molecule has 2 amide bonds. The third-order valence-corrected chi connectivity index (χ3v) is 4.11. The summed E-state index contributed by atoms with van der Waals surface area (Å²) in [5.41, 5.74) is 0. The van der Waals surface area contributed by atoms with Crippen LogP contribution in [0.5, 0.6) is 0 Å². The number of nitrogens with zero attached hydrogens (tertiary/aromatic N) is 2. The summed E-state index contributed by atoms with van der Waals surface area (Å²) in [5.74, 6) is -0.902. The average Bonchev–Trinajstić information content (AvgIpc) is 2.49. The highest BCUT2D eigenvalue weighted by Crippen LogP contribution is 2.24. The minimum Gasteiger partial charge on any atom is -0.342 e. The van der Waals surface area contributed by atoms with Crippen molar-refractivity contribution in [2.75, 3.05) is 26.2 Å². The van der Waals surface area contributed by atoms with Crippen LogP contribution in [-0.4, -0.2) is 54.0 Å². The first-order valence-electron chi connectivity index (χ1n) is 8.30. The van der Waals surface area contributed by atoms with E-state index in [1.165, 1.54) is 0 Å². The first-order chi connectivity index (χ1) is 10.7. The number of hydrogen-bond donors (Lipinski definition) is 0. The van der Waals surface area contributed by atoms with Crippen LogP contribution in [0.1, 0.15) is 46.5 Å². The highest BCUT2D eigenvalue weighted by Gasteiger charge is 2.36. The largest absolute Gasteiger partial charge is 0.406 e. The molecule has 0 saturated carbocycles. The molecule has 0 spiro atoms. The summed E-state index contributed by atoms with van der Waals surface area (Å²) in [7, 11) is 0. The van der Waals surface area contributed by atoms with Crippen molar-refractivity contribution in [2.45, 2.75) is 52.6 Å². The van der Waals surface area contributed by atoms with Gasteiger partial charge in [0, 0.05) is 31.5 Å². The van der Waals surface area contributed by atoms with Crippen LogP contribution in [0.3, 0.4) is 0 Å². The molecule has 1 heterocycles. The molecule has 0 aliphatic carbocycles. The van der Waals surface area contributed by atoms with E-state index in [0.717, 1.165) is 11.3 Å². The van der Waals surface area contributed by atoms with E-state index in [1.807, 2.05) is 20.8 Å². The third kappa shape index (κ3) is 6.39. The second-order valence-corrected chi connectivity index (χ2v) is 6.48. The predicted molar refractivity (Wildman–Crippen MR) is 81.7 cm³/mol. The number of rotatable bonds is 6. The molecule has 0 N–H and O–H groups in total. The van der Waals surface area contributed by atoms with Gasteiger partial charge in [0.15, 0.2) is 0 Å². The van der Waals surface area contributed by atoms with Gasteiger partial charge in [0.1, 0.15) is 6.54 Å². The zero-order chi connectivity index (χ0) is 17.6. The van der Waals surface area contributed by atoms with E-state index in [2.05, 4.69) is 0 Å². The Bertz CT molecular complexity index is 403. The van der Waals surface area contributed by atoms with Gasteiger partial charge in [-0.25, -0.2) is 0 Å². The molecule has 1 rings (SSSR count). The Kier molecular flexibility index (Phi) is 7.35. The fraction of sp³-hybridized carbons (Fsp3) is 0.875.